The monoisotopic (exact) mass is 223 g/mol. The summed E-state index contributed by atoms with van der Waals surface area (Å²) in [6.45, 7) is 2.34. The van der Waals surface area contributed by atoms with E-state index in [1.807, 2.05) is 12.1 Å². The molecule has 1 N–H and O–H groups in total. The van der Waals surface area contributed by atoms with E-state index in [0.29, 0.717) is 12.0 Å². The first-order valence-electron chi connectivity index (χ1n) is 5.65. The lowest BCUT2D eigenvalue weighted by Gasteiger charge is -2.20. The Morgan fingerprint density at radius 3 is 2.40 bits per heavy atom. The molecule has 2 rings (SSSR count). The molecule has 2 heteroatoms. The van der Waals surface area contributed by atoms with Gasteiger partial charge in [0.2, 0.25) is 0 Å². The van der Waals surface area contributed by atoms with Crippen molar-refractivity contribution in [2.75, 3.05) is 7.05 Å². The number of rotatable bonds is 2. The van der Waals surface area contributed by atoms with Crippen LogP contribution >= 0.6 is 11.6 Å². The van der Waals surface area contributed by atoms with Gasteiger partial charge < -0.3 is 5.32 Å². The van der Waals surface area contributed by atoms with Gasteiger partial charge in [-0.3, -0.25) is 0 Å². The summed E-state index contributed by atoms with van der Waals surface area (Å²) in [7, 11) is 2.06. The highest BCUT2D eigenvalue weighted by molar-refractivity contribution is 6.30. The first kappa shape index (κ1) is 11.0. The summed E-state index contributed by atoms with van der Waals surface area (Å²) in [5.74, 6) is 1.41. The van der Waals surface area contributed by atoms with Gasteiger partial charge in [0.1, 0.15) is 0 Å². The molecule has 0 aromatic heterocycles. The molecule has 1 aromatic rings. The van der Waals surface area contributed by atoms with Crippen LogP contribution in [-0.4, -0.2) is 13.1 Å². The van der Waals surface area contributed by atoms with E-state index in [-0.39, 0.29) is 0 Å². The number of halogens is 1. The van der Waals surface area contributed by atoms with Crippen LogP contribution in [0.1, 0.15) is 31.2 Å². The molecule has 1 nitrogen and oxygen atoms in total. The Labute approximate surface area is 96.8 Å². The van der Waals surface area contributed by atoms with Gasteiger partial charge in [-0.05, 0) is 49.4 Å². The summed E-state index contributed by atoms with van der Waals surface area (Å²) in [6, 6.07) is 9.00. The van der Waals surface area contributed by atoms with Gasteiger partial charge >= 0.3 is 0 Å². The van der Waals surface area contributed by atoms with Gasteiger partial charge in [0, 0.05) is 11.1 Å². The fourth-order valence-electron chi connectivity index (χ4n) is 2.75. The highest BCUT2D eigenvalue weighted by atomic mass is 35.5. The van der Waals surface area contributed by atoms with Crippen LogP contribution in [0.15, 0.2) is 24.3 Å². The first-order valence-corrected chi connectivity index (χ1v) is 6.03. The minimum Gasteiger partial charge on any atom is -0.317 e. The van der Waals surface area contributed by atoms with Crippen molar-refractivity contribution in [1.29, 1.82) is 0 Å². The molecule has 3 atom stereocenters. The van der Waals surface area contributed by atoms with Crippen molar-refractivity contribution >= 4 is 11.6 Å². The highest BCUT2D eigenvalue weighted by Gasteiger charge is 2.32. The predicted molar refractivity (Wildman–Crippen MR) is 65.4 cm³/mol. The molecule has 0 bridgehead atoms. The van der Waals surface area contributed by atoms with Crippen molar-refractivity contribution in [2.24, 2.45) is 5.92 Å². The molecule has 0 saturated heterocycles. The average Bonchev–Trinajstić information content (AvgIpc) is 2.61. The molecule has 15 heavy (non-hydrogen) atoms. The molecule has 1 aliphatic carbocycles. The third kappa shape index (κ3) is 2.19. The Hall–Kier alpha value is -0.530. The average molecular weight is 224 g/mol. The molecule has 1 fully saturated rings. The summed E-state index contributed by atoms with van der Waals surface area (Å²) < 4.78 is 0. The van der Waals surface area contributed by atoms with Crippen LogP contribution < -0.4 is 5.32 Å². The molecule has 0 radical (unpaired) electrons. The maximum absolute atomic E-state index is 5.90. The maximum Gasteiger partial charge on any atom is 0.0406 e. The van der Waals surface area contributed by atoms with E-state index in [0.717, 1.165) is 10.9 Å². The van der Waals surface area contributed by atoms with Crippen molar-refractivity contribution in [3.63, 3.8) is 0 Å². The Kier molecular flexibility index (Phi) is 3.32. The summed E-state index contributed by atoms with van der Waals surface area (Å²) in [5.41, 5.74) is 1.43. The normalized spacial score (nSPS) is 30.7. The summed E-state index contributed by atoms with van der Waals surface area (Å²) >= 11 is 5.90. The quantitative estimate of drug-likeness (QED) is 0.810. The van der Waals surface area contributed by atoms with E-state index >= 15 is 0 Å². The summed E-state index contributed by atoms with van der Waals surface area (Å²) in [4.78, 5) is 0. The fraction of sp³-hybridized carbons (Fsp3) is 0.538. The molecular formula is C13H18ClN. The second-order valence-electron chi connectivity index (χ2n) is 4.49. The Bertz CT molecular complexity index is 320. The lowest BCUT2D eigenvalue weighted by molar-refractivity contribution is 0.429. The van der Waals surface area contributed by atoms with Gasteiger partial charge in [0.25, 0.3) is 0 Å². The molecule has 3 unspecified atom stereocenters. The van der Waals surface area contributed by atoms with Gasteiger partial charge in [-0.2, -0.15) is 0 Å². The van der Waals surface area contributed by atoms with Crippen LogP contribution in [0.2, 0.25) is 5.02 Å². The van der Waals surface area contributed by atoms with Gasteiger partial charge in [0.05, 0.1) is 0 Å². The van der Waals surface area contributed by atoms with Crippen LogP contribution in [0, 0.1) is 5.92 Å². The summed E-state index contributed by atoms with van der Waals surface area (Å²) in [6.07, 6.45) is 2.57. The zero-order valence-electron chi connectivity index (χ0n) is 9.33. The molecule has 0 amide bonds. The number of benzene rings is 1. The molecule has 0 aliphatic heterocycles. The second-order valence-corrected chi connectivity index (χ2v) is 4.93. The Morgan fingerprint density at radius 2 is 1.87 bits per heavy atom. The minimum atomic E-state index is 0.672. The minimum absolute atomic E-state index is 0.672. The lowest BCUT2D eigenvalue weighted by atomic mass is 9.89. The van der Waals surface area contributed by atoms with Crippen LogP contribution in [-0.2, 0) is 0 Å². The fourth-order valence-corrected chi connectivity index (χ4v) is 2.88. The zero-order chi connectivity index (χ0) is 10.8. The third-order valence-electron chi connectivity index (χ3n) is 3.73. The number of hydrogen-bond acceptors (Lipinski definition) is 1. The third-order valence-corrected chi connectivity index (χ3v) is 3.98. The Balaban J connectivity index is 2.15. The van der Waals surface area contributed by atoms with E-state index in [1.165, 1.54) is 18.4 Å². The summed E-state index contributed by atoms with van der Waals surface area (Å²) in [5, 5.41) is 4.23. The largest absolute Gasteiger partial charge is 0.317 e. The number of hydrogen-bond donors (Lipinski definition) is 1. The highest BCUT2D eigenvalue weighted by Crippen LogP contribution is 2.39. The van der Waals surface area contributed by atoms with E-state index in [9.17, 15) is 0 Å². The van der Waals surface area contributed by atoms with E-state index in [4.69, 9.17) is 11.6 Å². The van der Waals surface area contributed by atoms with Crippen LogP contribution in [0.3, 0.4) is 0 Å². The van der Waals surface area contributed by atoms with Crippen molar-refractivity contribution in [3.8, 4) is 0 Å². The SMILES string of the molecule is CNC1CCC(c2ccc(Cl)cc2)C1C. The topological polar surface area (TPSA) is 12.0 Å². The van der Waals surface area contributed by atoms with E-state index in [1.54, 1.807) is 0 Å². The molecule has 1 aromatic carbocycles. The molecule has 82 valence electrons. The van der Waals surface area contributed by atoms with Crippen LogP contribution in [0.4, 0.5) is 0 Å². The van der Waals surface area contributed by atoms with Gasteiger partial charge in [-0.1, -0.05) is 30.7 Å². The number of nitrogens with one attached hydrogen (secondary N) is 1. The van der Waals surface area contributed by atoms with Gasteiger partial charge in [-0.25, -0.2) is 0 Å². The van der Waals surface area contributed by atoms with Crippen molar-refractivity contribution in [3.05, 3.63) is 34.9 Å². The van der Waals surface area contributed by atoms with E-state index in [2.05, 4.69) is 31.4 Å². The van der Waals surface area contributed by atoms with Crippen molar-refractivity contribution in [1.82, 2.24) is 5.32 Å². The Morgan fingerprint density at radius 1 is 1.20 bits per heavy atom. The molecule has 1 aliphatic rings. The lowest BCUT2D eigenvalue weighted by Crippen LogP contribution is -2.28. The van der Waals surface area contributed by atoms with Crippen molar-refractivity contribution < 1.29 is 0 Å². The first-order chi connectivity index (χ1) is 7.22. The van der Waals surface area contributed by atoms with Crippen molar-refractivity contribution in [2.45, 2.75) is 31.7 Å². The second kappa shape index (κ2) is 4.54. The zero-order valence-corrected chi connectivity index (χ0v) is 10.1. The predicted octanol–water partition coefficient (Wildman–Crippen LogP) is 3.44. The molecular weight excluding hydrogens is 206 g/mol. The van der Waals surface area contributed by atoms with Gasteiger partial charge in [0.15, 0.2) is 0 Å². The maximum atomic E-state index is 5.90. The smallest absolute Gasteiger partial charge is 0.0406 e. The molecule has 0 spiro atoms. The molecule has 1 saturated carbocycles. The van der Waals surface area contributed by atoms with Crippen LogP contribution in [0.25, 0.3) is 0 Å². The van der Waals surface area contributed by atoms with E-state index < -0.39 is 0 Å². The van der Waals surface area contributed by atoms with Crippen LogP contribution in [0.5, 0.6) is 0 Å². The molecule has 0 heterocycles. The standard InChI is InChI=1S/C13H18ClN/c1-9-12(7-8-13(9)15-2)10-3-5-11(14)6-4-10/h3-6,9,12-13,15H,7-8H2,1-2H3. The van der Waals surface area contributed by atoms with Gasteiger partial charge in [-0.15, -0.1) is 0 Å².